The Labute approximate surface area is 123 Å². The molecule has 0 bridgehead atoms. The lowest BCUT2D eigenvalue weighted by molar-refractivity contribution is 0.130. The minimum absolute atomic E-state index is 0.0302. The van der Waals surface area contributed by atoms with Gasteiger partial charge in [-0.05, 0) is 31.4 Å². The van der Waals surface area contributed by atoms with Gasteiger partial charge in [0.05, 0.1) is 12.6 Å². The highest BCUT2D eigenvalue weighted by Gasteiger charge is 2.30. The SMILES string of the molecule is CC(c1nc(C2CC2)no1)N(CCO)Cc1cccnc1. The van der Waals surface area contributed by atoms with E-state index in [9.17, 15) is 5.11 Å². The van der Waals surface area contributed by atoms with Gasteiger partial charge in [-0.3, -0.25) is 9.88 Å². The van der Waals surface area contributed by atoms with Crippen molar-refractivity contribution in [3.63, 3.8) is 0 Å². The first kappa shape index (κ1) is 14.2. The predicted molar refractivity (Wildman–Crippen MR) is 76.4 cm³/mol. The van der Waals surface area contributed by atoms with Crippen LogP contribution in [0.3, 0.4) is 0 Å². The fraction of sp³-hybridized carbons (Fsp3) is 0.533. The minimum atomic E-state index is -0.0302. The fourth-order valence-electron chi connectivity index (χ4n) is 2.34. The first-order chi connectivity index (χ1) is 10.3. The van der Waals surface area contributed by atoms with Crippen molar-refractivity contribution in [2.45, 2.75) is 38.3 Å². The van der Waals surface area contributed by atoms with E-state index in [0.717, 1.165) is 24.2 Å². The molecular formula is C15H20N4O2. The van der Waals surface area contributed by atoms with Gasteiger partial charge in [-0.25, -0.2) is 0 Å². The second-order valence-electron chi connectivity index (χ2n) is 5.50. The number of aromatic nitrogens is 3. The molecule has 1 fully saturated rings. The summed E-state index contributed by atoms with van der Waals surface area (Å²) in [6, 6.07) is 3.90. The number of pyridine rings is 1. The Bertz CT molecular complexity index is 568. The molecule has 2 aromatic heterocycles. The van der Waals surface area contributed by atoms with E-state index < -0.39 is 0 Å². The predicted octanol–water partition coefficient (Wildman–Crippen LogP) is 1.90. The molecular weight excluding hydrogens is 268 g/mol. The van der Waals surface area contributed by atoms with Crippen LogP contribution >= 0.6 is 0 Å². The second-order valence-corrected chi connectivity index (χ2v) is 5.50. The molecule has 1 aliphatic rings. The Morgan fingerprint density at radius 1 is 1.48 bits per heavy atom. The van der Waals surface area contributed by atoms with E-state index in [2.05, 4.69) is 20.0 Å². The molecule has 0 saturated heterocycles. The molecule has 1 N–H and O–H groups in total. The largest absolute Gasteiger partial charge is 0.395 e. The molecule has 0 spiro atoms. The standard InChI is InChI=1S/C15H20N4O2/c1-11(15-17-14(18-21-15)13-4-5-13)19(7-8-20)10-12-3-2-6-16-9-12/h2-3,6,9,11,13,20H,4-5,7-8,10H2,1H3. The highest BCUT2D eigenvalue weighted by molar-refractivity contribution is 5.09. The van der Waals surface area contributed by atoms with Gasteiger partial charge in [0.2, 0.25) is 5.89 Å². The summed E-state index contributed by atoms with van der Waals surface area (Å²) in [5.74, 6) is 1.93. The van der Waals surface area contributed by atoms with Crippen LogP contribution in [0.4, 0.5) is 0 Å². The third kappa shape index (κ3) is 3.46. The molecule has 0 radical (unpaired) electrons. The van der Waals surface area contributed by atoms with E-state index >= 15 is 0 Å². The Hall–Kier alpha value is -1.79. The molecule has 0 aliphatic heterocycles. The number of hydrogen-bond acceptors (Lipinski definition) is 6. The third-order valence-corrected chi connectivity index (χ3v) is 3.80. The topological polar surface area (TPSA) is 75.3 Å². The minimum Gasteiger partial charge on any atom is -0.395 e. The van der Waals surface area contributed by atoms with E-state index in [4.69, 9.17) is 4.52 Å². The van der Waals surface area contributed by atoms with Crippen LogP contribution in [0.15, 0.2) is 29.0 Å². The van der Waals surface area contributed by atoms with Crippen molar-refractivity contribution < 1.29 is 9.63 Å². The highest BCUT2D eigenvalue weighted by Crippen LogP contribution is 2.38. The van der Waals surface area contributed by atoms with Gasteiger partial charge in [-0.1, -0.05) is 11.2 Å². The molecule has 0 aromatic carbocycles. The Morgan fingerprint density at radius 3 is 3.00 bits per heavy atom. The highest BCUT2D eigenvalue weighted by atomic mass is 16.5. The molecule has 1 atom stereocenters. The van der Waals surface area contributed by atoms with E-state index in [1.807, 2.05) is 25.3 Å². The number of nitrogens with zero attached hydrogens (tertiary/aromatic N) is 4. The number of rotatable bonds is 7. The van der Waals surface area contributed by atoms with Gasteiger partial charge >= 0.3 is 0 Å². The number of aliphatic hydroxyl groups excluding tert-OH is 1. The van der Waals surface area contributed by atoms with E-state index in [1.165, 1.54) is 0 Å². The van der Waals surface area contributed by atoms with Gasteiger partial charge in [0.25, 0.3) is 0 Å². The van der Waals surface area contributed by atoms with E-state index in [1.54, 1.807) is 6.20 Å². The van der Waals surface area contributed by atoms with Crippen LogP contribution in [-0.2, 0) is 6.54 Å². The van der Waals surface area contributed by atoms with Gasteiger partial charge in [-0.15, -0.1) is 0 Å². The van der Waals surface area contributed by atoms with E-state index in [0.29, 0.717) is 24.9 Å². The molecule has 6 heteroatoms. The van der Waals surface area contributed by atoms with Crippen molar-refractivity contribution in [3.05, 3.63) is 41.8 Å². The third-order valence-electron chi connectivity index (χ3n) is 3.80. The maximum atomic E-state index is 9.29. The molecule has 0 amide bonds. The molecule has 1 aliphatic carbocycles. The van der Waals surface area contributed by atoms with Crippen molar-refractivity contribution in [1.29, 1.82) is 0 Å². The molecule has 1 unspecified atom stereocenters. The Kier molecular flexibility index (Phi) is 4.26. The Morgan fingerprint density at radius 2 is 2.33 bits per heavy atom. The summed E-state index contributed by atoms with van der Waals surface area (Å²) < 4.78 is 5.39. The van der Waals surface area contributed by atoms with Gasteiger partial charge < -0.3 is 9.63 Å². The van der Waals surface area contributed by atoms with Crippen LogP contribution in [0.25, 0.3) is 0 Å². The molecule has 1 saturated carbocycles. The summed E-state index contributed by atoms with van der Waals surface area (Å²) in [4.78, 5) is 10.7. The summed E-state index contributed by atoms with van der Waals surface area (Å²) in [5.41, 5.74) is 1.10. The van der Waals surface area contributed by atoms with Gasteiger partial charge in [-0.2, -0.15) is 4.98 Å². The first-order valence-corrected chi connectivity index (χ1v) is 7.35. The maximum absolute atomic E-state index is 9.29. The molecule has 3 rings (SSSR count). The zero-order chi connectivity index (χ0) is 14.7. The van der Waals surface area contributed by atoms with Gasteiger partial charge in [0.1, 0.15) is 0 Å². The van der Waals surface area contributed by atoms with Gasteiger partial charge in [0.15, 0.2) is 5.82 Å². The summed E-state index contributed by atoms with van der Waals surface area (Å²) in [6.07, 6.45) is 5.90. The normalized spacial score (nSPS) is 16.3. The smallest absolute Gasteiger partial charge is 0.243 e. The number of hydrogen-bond donors (Lipinski definition) is 1. The quantitative estimate of drug-likeness (QED) is 0.838. The van der Waals surface area contributed by atoms with Crippen LogP contribution in [0.2, 0.25) is 0 Å². The van der Waals surface area contributed by atoms with Crippen molar-refractivity contribution in [1.82, 2.24) is 20.0 Å². The second kappa shape index (κ2) is 6.32. The van der Waals surface area contributed by atoms with Crippen LogP contribution in [-0.4, -0.2) is 38.3 Å². The molecule has 112 valence electrons. The van der Waals surface area contributed by atoms with Gasteiger partial charge in [0, 0.05) is 31.4 Å². The number of aliphatic hydroxyl groups is 1. The zero-order valence-electron chi connectivity index (χ0n) is 12.1. The summed E-state index contributed by atoms with van der Waals surface area (Å²) >= 11 is 0. The molecule has 2 aromatic rings. The molecule has 21 heavy (non-hydrogen) atoms. The summed E-state index contributed by atoms with van der Waals surface area (Å²) in [5, 5.41) is 13.4. The summed E-state index contributed by atoms with van der Waals surface area (Å²) in [7, 11) is 0. The molecule has 6 nitrogen and oxygen atoms in total. The average Bonchev–Trinajstić information content (AvgIpc) is 3.25. The maximum Gasteiger partial charge on any atom is 0.243 e. The van der Waals surface area contributed by atoms with Crippen molar-refractivity contribution in [2.24, 2.45) is 0 Å². The van der Waals surface area contributed by atoms with Crippen LogP contribution < -0.4 is 0 Å². The van der Waals surface area contributed by atoms with Crippen molar-refractivity contribution >= 4 is 0 Å². The van der Waals surface area contributed by atoms with E-state index in [-0.39, 0.29) is 12.6 Å². The average molecular weight is 288 g/mol. The zero-order valence-corrected chi connectivity index (χ0v) is 12.1. The van der Waals surface area contributed by atoms with Crippen LogP contribution in [0, 0.1) is 0 Å². The van der Waals surface area contributed by atoms with Crippen LogP contribution in [0.1, 0.15) is 49.0 Å². The summed E-state index contributed by atoms with van der Waals surface area (Å²) in [6.45, 7) is 3.36. The first-order valence-electron chi connectivity index (χ1n) is 7.35. The Balaban J connectivity index is 1.72. The fourth-order valence-corrected chi connectivity index (χ4v) is 2.34. The lowest BCUT2D eigenvalue weighted by Crippen LogP contribution is -2.29. The van der Waals surface area contributed by atoms with Crippen molar-refractivity contribution in [2.75, 3.05) is 13.2 Å². The molecule has 2 heterocycles. The van der Waals surface area contributed by atoms with Crippen molar-refractivity contribution in [3.8, 4) is 0 Å². The monoisotopic (exact) mass is 288 g/mol. The lowest BCUT2D eigenvalue weighted by Gasteiger charge is -2.25. The van der Waals surface area contributed by atoms with Crippen LogP contribution in [0.5, 0.6) is 0 Å². The lowest BCUT2D eigenvalue weighted by atomic mass is 10.2.